The average molecular weight is 1830 g/mol. The lowest BCUT2D eigenvalue weighted by Gasteiger charge is -2.42. The van der Waals surface area contributed by atoms with Crippen LogP contribution in [0.15, 0.2) is 121 Å². The lowest BCUT2D eigenvalue weighted by atomic mass is 10.1. The lowest BCUT2D eigenvalue weighted by molar-refractivity contribution is 0.0902. The number of fused-ring (bicyclic) bond motifs is 13. The van der Waals surface area contributed by atoms with Gasteiger partial charge in [-0.25, -0.2) is 19.9 Å². The predicted octanol–water partition coefficient (Wildman–Crippen LogP) is 11.3. The zero-order valence-corrected chi connectivity index (χ0v) is 76.0. The Morgan fingerprint density at radius 2 is 0.721 bits per heavy atom. The van der Waals surface area contributed by atoms with Gasteiger partial charge in [0.15, 0.2) is 5.58 Å². The van der Waals surface area contributed by atoms with Gasteiger partial charge in [0.1, 0.15) is 48.4 Å². The van der Waals surface area contributed by atoms with Gasteiger partial charge in [-0.05, 0) is 159 Å². The summed E-state index contributed by atoms with van der Waals surface area (Å²) in [5.41, 5.74) is 13.0. The number of aliphatic hydroxyl groups is 1. The van der Waals surface area contributed by atoms with Gasteiger partial charge >= 0.3 is 0 Å². The second-order valence-electron chi connectivity index (χ2n) is 37.5. The third-order valence-electron chi connectivity index (χ3n) is 29.0. The van der Waals surface area contributed by atoms with Crippen LogP contribution in [0.1, 0.15) is 144 Å². The second-order valence-corrected chi connectivity index (χ2v) is 43.5. The number of hydrogen-bond donors (Lipinski definition) is 5. The number of ether oxygens (including phenoxy) is 3. The highest BCUT2D eigenvalue weighted by atomic mass is 32.2. The largest absolute Gasteiger partial charge is 0.423 e. The monoisotopic (exact) mass is 1830 g/mol. The summed E-state index contributed by atoms with van der Waals surface area (Å²) < 4.78 is 73.3. The zero-order valence-electron chi connectivity index (χ0n) is 72.7. The Bertz CT molecular complexity index is 5620. The minimum absolute atomic E-state index is 0. The number of nitrogens with zero attached hydrogens (tertiary/aromatic N) is 17. The van der Waals surface area contributed by atoms with E-state index < -0.39 is 43.2 Å². The molecule has 686 valence electrons. The summed E-state index contributed by atoms with van der Waals surface area (Å²) in [6, 6.07) is 39.2. The number of oxazole rings is 1. The summed E-state index contributed by atoms with van der Waals surface area (Å²) in [6.45, 7) is 18.6. The van der Waals surface area contributed by atoms with Gasteiger partial charge in [-0.2, -0.15) is 24.9 Å². The van der Waals surface area contributed by atoms with E-state index in [4.69, 9.17) is 63.5 Å². The number of piperazine rings is 4. The Morgan fingerprint density at radius 3 is 1.09 bits per heavy atom. The molecule has 8 unspecified atom stereocenters. The maximum atomic E-state index is 12.7. The number of anilines is 12. The highest BCUT2D eigenvalue weighted by Gasteiger charge is 2.51. The van der Waals surface area contributed by atoms with Gasteiger partial charge in [-0.1, -0.05) is 80.1 Å². The first-order valence-electron chi connectivity index (χ1n) is 46.4. The topological polar surface area (TPSA) is 319 Å². The van der Waals surface area contributed by atoms with Crippen molar-refractivity contribution in [2.24, 2.45) is 0 Å². The van der Waals surface area contributed by atoms with Gasteiger partial charge in [0.05, 0.1) is 96.2 Å². The molecule has 12 atom stereocenters. The molecule has 129 heavy (non-hydrogen) atoms. The number of rotatable bonds is 17. The van der Waals surface area contributed by atoms with Gasteiger partial charge in [0.25, 0.3) is 6.01 Å². The first-order valence-corrected chi connectivity index (χ1v) is 51.6. The first-order chi connectivity index (χ1) is 62.1. The SMILES string of the molecule is C.C.Cc1ccc(N2CC3CC[C@H](C2)N3c2nc3c(c(NC4(CO)CC4)n2)S(=O)CC3)cc1.Cc1ccc(N2CC3CC[C@H](C2)N3c2nc3c(c(NC4CCOCC4)n2)S(=O)CC3)cc1.Cc1ccc(N2CC3C[C@@H]2CN3c2nc3c(c(NC4CCOCC4)n2)S(=O)CC3)cc1.O=S1CCc2nc(N3C[C@H]4CC3CN4c3nc4ccccc4o3)nc(NC3CCOCC3)c21. The van der Waals surface area contributed by atoms with Crippen LogP contribution in [-0.2, 0) is 83.1 Å². The van der Waals surface area contributed by atoms with Crippen molar-refractivity contribution < 1.29 is 40.6 Å². The summed E-state index contributed by atoms with van der Waals surface area (Å²) in [5, 5.41) is 24.1. The second kappa shape index (κ2) is 37.0. The smallest absolute Gasteiger partial charge is 0.298 e. The molecule has 1 aliphatic carbocycles. The summed E-state index contributed by atoms with van der Waals surface area (Å²) in [5.74, 6) is 8.75. The Hall–Kier alpha value is -9.29. The molecule has 34 heteroatoms. The number of aromatic nitrogens is 9. The minimum Gasteiger partial charge on any atom is -0.423 e. The van der Waals surface area contributed by atoms with Crippen molar-refractivity contribution in [2.45, 2.75) is 243 Å². The average Bonchev–Trinajstić information content (AvgIpc) is 1.19. The third kappa shape index (κ3) is 17.6. The predicted molar refractivity (Wildman–Crippen MR) is 511 cm³/mol. The summed E-state index contributed by atoms with van der Waals surface area (Å²) >= 11 is 0. The zero-order chi connectivity index (χ0) is 85.7. The van der Waals surface area contributed by atoms with Crippen LogP contribution in [-0.4, -0.2) is 260 Å². The van der Waals surface area contributed by atoms with Crippen LogP contribution in [0.25, 0.3) is 11.1 Å². The van der Waals surface area contributed by atoms with Crippen molar-refractivity contribution in [2.75, 3.05) is 182 Å². The van der Waals surface area contributed by atoms with Gasteiger partial charge < -0.3 is 84.2 Å². The van der Waals surface area contributed by atoms with E-state index in [1.54, 1.807) is 0 Å². The van der Waals surface area contributed by atoms with E-state index in [1.807, 2.05) is 24.3 Å². The number of aliphatic hydroxyl groups excluding tert-OH is 1. The van der Waals surface area contributed by atoms with Crippen LogP contribution in [0.3, 0.4) is 0 Å². The number of para-hydroxylation sites is 2. The van der Waals surface area contributed by atoms with Crippen molar-refractivity contribution in [3.05, 3.63) is 137 Å². The molecule has 15 aliphatic heterocycles. The molecule has 30 nitrogen and oxygen atoms in total. The summed E-state index contributed by atoms with van der Waals surface area (Å²) in [6.07, 6.45) is 17.4. The molecule has 0 amide bonds. The molecule has 4 aromatic carbocycles. The Labute approximate surface area is 766 Å². The number of aryl methyl sites for hydroxylation is 7. The van der Waals surface area contributed by atoms with Crippen molar-refractivity contribution >= 4 is 124 Å². The number of hydrogen-bond acceptors (Lipinski definition) is 30. The number of nitrogens with one attached hydrogen (secondary N) is 4. The van der Waals surface area contributed by atoms with E-state index >= 15 is 0 Å². The van der Waals surface area contributed by atoms with Gasteiger partial charge in [0.2, 0.25) is 23.8 Å². The Morgan fingerprint density at radius 1 is 0.380 bits per heavy atom. The fourth-order valence-corrected chi connectivity index (χ4v) is 27.2. The van der Waals surface area contributed by atoms with E-state index in [2.05, 4.69) is 154 Å². The molecule has 11 saturated heterocycles. The maximum Gasteiger partial charge on any atom is 0.298 e. The minimum atomic E-state index is -1.06. The van der Waals surface area contributed by atoms with Crippen molar-refractivity contribution in [1.29, 1.82) is 0 Å². The van der Waals surface area contributed by atoms with Crippen LogP contribution in [0.4, 0.5) is 70.1 Å². The van der Waals surface area contributed by atoms with Crippen LogP contribution in [0.2, 0.25) is 0 Å². The van der Waals surface area contributed by atoms with E-state index in [9.17, 15) is 21.9 Å². The fraction of sp³-hybridized carbons (Fsp3) is 0.568. The standard InChI is InChI=1S/C24H31N5O2S.C23H26N6O3S.2C23H29N5O2S.2CH4/c1-16-2-4-18(5-3-16)28-14-19-6-7-20(15-28)29(19)24-26-21-10-13-32(30)22(21)23(27-24)25-17-8-11-31-12-9-17;30-33-10-7-18-20(33)21(24-14-5-8-31-9-6-14)27-22(25-18)28-12-16-11-15(28)13-29(16)23-26-17-3-1-2-4-19(17)32-23;1-15-2-4-17(5-3-15)27-13-19-12-18(27)14-28(19)23-25-20-8-11-31(29)21(20)22(26-23)24-16-6-9-30-10-7-16;1-15-2-4-16(5-3-15)27-12-17-6-7-18(13-27)28(17)22-24-19-8-11-31(30)20(19)21(25-22)26-23(14-29)9-10-23;;/h2-5,17,19-20H,6-15H2,1H3,(H,25,26,27);1-4,14-16H,5-13H2,(H,24,25,27);2-5,16,18-19H,6-14H2,1H3,(H,24,25,26);2-5,17-18,29H,6-14H2,1H3,(H,24,25,26);2*1H4/t19-,20?,32?;15?,16-,33?;18-,19?,31?;17-,18?,31?;;/m1111../s1. The molecule has 0 radical (unpaired) electrons. The van der Waals surface area contributed by atoms with E-state index in [0.29, 0.717) is 101 Å². The molecule has 1 saturated carbocycles. The quantitative estimate of drug-likeness (QED) is 0.0565. The highest BCUT2D eigenvalue weighted by molar-refractivity contribution is 7.86. The molecule has 8 bridgehead atoms. The van der Waals surface area contributed by atoms with Crippen molar-refractivity contribution in [3.8, 4) is 0 Å². The van der Waals surface area contributed by atoms with Crippen LogP contribution < -0.4 is 60.5 Å². The van der Waals surface area contributed by atoms with Gasteiger partial charge in [-0.15, -0.1) is 0 Å². The molecule has 0 spiro atoms. The van der Waals surface area contributed by atoms with Crippen LogP contribution >= 0.6 is 0 Å². The van der Waals surface area contributed by atoms with Crippen LogP contribution in [0, 0.1) is 20.8 Å². The molecule has 12 fully saturated rings. The molecule has 5 N–H and O–H groups in total. The molecule has 5 aromatic heterocycles. The molecule has 9 aromatic rings. The Balaban J connectivity index is 0.000000107. The molecule has 25 rings (SSSR count). The van der Waals surface area contributed by atoms with E-state index in [1.165, 1.54) is 46.6 Å². The maximum absolute atomic E-state index is 12.7. The van der Waals surface area contributed by atoms with Gasteiger partial charge in [-0.3, -0.25) is 16.8 Å². The van der Waals surface area contributed by atoms with Crippen LogP contribution in [0.5, 0.6) is 0 Å². The normalized spacial score (nSPS) is 27.1. The molecule has 20 heterocycles. The molecule has 16 aliphatic rings. The fourth-order valence-electron chi connectivity index (χ4n) is 21.9. The van der Waals surface area contributed by atoms with E-state index in [-0.39, 0.29) is 27.0 Å². The summed E-state index contributed by atoms with van der Waals surface area (Å²) in [4.78, 5) is 66.8. The first kappa shape index (κ1) is 87.7. The lowest BCUT2D eigenvalue weighted by Crippen LogP contribution is -2.54. The Kier molecular flexibility index (Phi) is 25.2. The third-order valence-corrected chi connectivity index (χ3v) is 34.9. The molecular weight excluding hydrogens is 1710 g/mol. The summed E-state index contributed by atoms with van der Waals surface area (Å²) in [7, 11) is -4.10. The van der Waals surface area contributed by atoms with Crippen molar-refractivity contribution in [1.82, 2.24) is 44.9 Å². The highest BCUT2D eigenvalue weighted by Crippen LogP contribution is 2.47. The molecular formula is C95H123N21O9S4. The van der Waals surface area contributed by atoms with Crippen molar-refractivity contribution in [3.63, 3.8) is 0 Å². The van der Waals surface area contributed by atoms with Gasteiger partial charge in [0, 0.05) is 206 Å². The van der Waals surface area contributed by atoms with E-state index in [0.717, 1.165) is 289 Å². The number of benzene rings is 4.